The molecule has 6 heteroatoms. The van der Waals surface area contributed by atoms with Crippen molar-refractivity contribution in [3.05, 3.63) is 36.5 Å². The van der Waals surface area contributed by atoms with Crippen molar-refractivity contribution < 1.29 is 24.2 Å². The Morgan fingerprint density at radius 3 is 1.41 bits per heavy atom. The van der Waals surface area contributed by atoms with E-state index in [1.807, 2.05) is 0 Å². The van der Waals surface area contributed by atoms with Gasteiger partial charge in [0, 0.05) is 12.8 Å². The van der Waals surface area contributed by atoms with Crippen LogP contribution in [0.15, 0.2) is 36.5 Å². The monoisotopic (exact) mass is 758 g/mol. The molecule has 1 unspecified atom stereocenters. The van der Waals surface area contributed by atoms with Crippen molar-refractivity contribution >= 4 is 17.8 Å². The van der Waals surface area contributed by atoms with E-state index in [1.54, 1.807) is 0 Å². The molecule has 0 rings (SSSR count). The lowest BCUT2D eigenvalue weighted by Crippen LogP contribution is -2.28. The van der Waals surface area contributed by atoms with Crippen LogP contribution in [0.3, 0.4) is 0 Å². The summed E-state index contributed by atoms with van der Waals surface area (Å²) in [5.41, 5.74) is 0. The molecule has 6 nitrogen and oxygen atoms in total. The van der Waals surface area contributed by atoms with E-state index in [4.69, 9.17) is 9.84 Å². The molecule has 0 aromatic rings. The van der Waals surface area contributed by atoms with Gasteiger partial charge in [0.1, 0.15) is 12.6 Å². The number of hydrogen-bond acceptors (Lipinski definition) is 4. The molecular weight excluding hydrogens is 671 g/mol. The normalized spacial score (nSPS) is 12.3. The van der Waals surface area contributed by atoms with E-state index < -0.39 is 5.97 Å². The molecule has 0 aromatic heterocycles. The summed E-state index contributed by atoms with van der Waals surface area (Å²) >= 11 is 0. The minimum absolute atomic E-state index is 0.0171. The number of rotatable bonds is 42. The summed E-state index contributed by atoms with van der Waals surface area (Å²) in [5.74, 6) is -1.26. The molecule has 0 spiro atoms. The summed E-state index contributed by atoms with van der Waals surface area (Å²) in [5, 5.41) is 11.1. The second kappa shape index (κ2) is 43.4. The van der Waals surface area contributed by atoms with Crippen LogP contribution in [0.4, 0.5) is 0 Å². The van der Waals surface area contributed by atoms with Gasteiger partial charge in [-0.15, -0.1) is 0 Å². The van der Waals surface area contributed by atoms with Gasteiger partial charge in [0.25, 0.3) is 0 Å². The van der Waals surface area contributed by atoms with E-state index in [-0.39, 0.29) is 24.5 Å². The third-order valence-electron chi connectivity index (χ3n) is 10.3. The van der Waals surface area contributed by atoms with E-state index in [0.29, 0.717) is 12.8 Å². The zero-order valence-electron chi connectivity index (χ0n) is 35.6. The maximum absolute atomic E-state index is 12.8. The molecule has 0 fully saturated rings. The lowest BCUT2D eigenvalue weighted by atomic mass is 10.0. The number of carboxylic acid groups (broad SMARTS) is 1. The topological polar surface area (TPSA) is 92.7 Å². The summed E-state index contributed by atoms with van der Waals surface area (Å²) in [4.78, 5) is 35.0. The van der Waals surface area contributed by atoms with Crippen LogP contribution >= 0.6 is 0 Å². The van der Waals surface area contributed by atoms with E-state index in [1.165, 1.54) is 135 Å². The number of unbranched alkanes of at least 4 members (excludes halogenated alkanes) is 25. The third kappa shape index (κ3) is 42.4. The van der Waals surface area contributed by atoms with Crippen molar-refractivity contribution in [1.29, 1.82) is 0 Å². The van der Waals surface area contributed by atoms with Crippen LogP contribution in [0.2, 0.25) is 0 Å². The third-order valence-corrected chi connectivity index (χ3v) is 10.3. The van der Waals surface area contributed by atoms with Crippen LogP contribution in [0.5, 0.6) is 0 Å². The Labute approximate surface area is 334 Å². The van der Waals surface area contributed by atoms with Gasteiger partial charge in [0.05, 0.1) is 0 Å². The molecule has 0 aromatic carbocycles. The molecule has 54 heavy (non-hydrogen) atoms. The van der Waals surface area contributed by atoms with Crippen LogP contribution < -0.4 is 5.32 Å². The molecule has 0 saturated heterocycles. The minimum atomic E-state index is -1.02. The SMILES string of the molecule is CCCCC/C=C\C/C=C\CCCC(CCCCCCCC(=O)NCC(=O)O)OC(=O)CCCCCCCCCCC/C=C\CCCCCCCCCC. The van der Waals surface area contributed by atoms with Gasteiger partial charge in [0.2, 0.25) is 5.91 Å². The number of carbonyl (C=O) groups excluding carboxylic acids is 2. The van der Waals surface area contributed by atoms with E-state index >= 15 is 0 Å². The van der Waals surface area contributed by atoms with Crippen molar-refractivity contribution in [3.63, 3.8) is 0 Å². The first-order chi connectivity index (χ1) is 26.5. The molecule has 0 aliphatic rings. The second-order valence-electron chi connectivity index (χ2n) is 15.6. The fourth-order valence-electron chi connectivity index (χ4n) is 6.84. The summed E-state index contributed by atoms with van der Waals surface area (Å²) in [7, 11) is 0. The highest BCUT2D eigenvalue weighted by molar-refractivity contribution is 5.80. The lowest BCUT2D eigenvalue weighted by Gasteiger charge is -2.18. The highest BCUT2D eigenvalue weighted by atomic mass is 16.5. The van der Waals surface area contributed by atoms with Gasteiger partial charge in [-0.1, -0.05) is 172 Å². The Kier molecular flexibility index (Phi) is 41.5. The van der Waals surface area contributed by atoms with E-state index in [2.05, 4.69) is 55.6 Å². The molecule has 1 amide bonds. The average Bonchev–Trinajstić information content (AvgIpc) is 3.16. The van der Waals surface area contributed by atoms with Gasteiger partial charge in [-0.3, -0.25) is 14.4 Å². The number of allylic oxidation sites excluding steroid dienone is 6. The Bertz CT molecular complexity index is 926. The molecule has 0 aliphatic heterocycles. The van der Waals surface area contributed by atoms with E-state index in [0.717, 1.165) is 77.0 Å². The highest BCUT2D eigenvalue weighted by Crippen LogP contribution is 2.18. The number of carboxylic acids is 1. The summed E-state index contributed by atoms with van der Waals surface area (Å²) < 4.78 is 6.01. The Hall–Kier alpha value is -2.37. The number of nitrogens with one attached hydrogen (secondary N) is 1. The van der Waals surface area contributed by atoms with Crippen LogP contribution in [0.1, 0.15) is 239 Å². The standard InChI is InChI=1S/C48H87NO5/c1-3-5-7-9-11-13-15-16-17-18-19-20-21-22-23-24-26-28-30-35-39-43-48(53)54-45(40-36-32-29-27-25-14-12-10-8-6-4-2)41-37-33-31-34-38-42-46(50)49-44-47(51)52/h12,14,18-19,27,29,45H,3-11,13,15-17,20-26,28,30-44H2,1-2H3,(H,49,50)(H,51,52)/b14-12-,19-18-,29-27-. The molecule has 0 aliphatic carbocycles. The van der Waals surface area contributed by atoms with Crippen LogP contribution in [-0.2, 0) is 19.1 Å². The lowest BCUT2D eigenvalue weighted by molar-refractivity contribution is -0.150. The van der Waals surface area contributed by atoms with Gasteiger partial charge in [-0.2, -0.15) is 0 Å². The molecule has 2 N–H and O–H groups in total. The van der Waals surface area contributed by atoms with Crippen molar-refractivity contribution in [2.45, 2.75) is 245 Å². The molecule has 0 bridgehead atoms. The summed E-state index contributed by atoms with van der Waals surface area (Å²) in [6, 6.07) is 0. The quantitative estimate of drug-likeness (QED) is 0.0367. The molecular formula is C48H87NO5. The molecule has 1 atom stereocenters. The summed E-state index contributed by atoms with van der Waals surface area (Å²) in [6.07, 6.45) is 54.2. The fraction of sp³-hybridized carbons (Fsp3) is 0.812. The number of amides is 1. The highest BCUT2D eigenvalue weighted by Gasteiger charge is 2.14. The predicted octanol–water partition coefficient (Wildman–Crippen LogP) is 14.5. The number of aliphatic carboxylic acids is 1. The van der Waals surface area contributed by atoms with Crippen molar-refractivity contribution in [2.75, 3.05) is 6.54 Å². The average molecular weight is 758 g/mol. The Morgan fingerprint density at radius 1 is 0.481 bits per heavy atom. The number of ether oxygens (including phenoxy) is 1. The fourth-order valence-corrected chi connectivity index (χ4v) is 6.84. The molecule has 0 saturated carbocycles. The Morgan fingerprint density at radius 2 is 0.870 bits per heavy atom. The van der Waals surface area contributed by atoms with Gasteiger partial charge in [-0.05, 0) is 89.9 Å². The smallest absolute Gasteiger partial charge is 0.322 e. The first-order valence-electron chi connectivity index (χ1n) is 23.1. The van der Waals surface area contributed by atoms with Crippen LogP contribution in [0, 0.1) is 0 Å². The predicted molar refractivity (Wildman–Crippen MR) is 231 cm³/mol. The number of hydrogen-bond donors (Lipinski definition) is 2. The van der Waals surface area contributed by atoms with Crippen LogP contribution in [0.25, 0.3) is 0 Å². The van der Waals surface area contributed by atoms with Gasteiger partial charge in [0.15, 0.2) is 0 Å². The maximum atomic E-state index is 12.8. The largest absolute Gasteiger partial charge is 0.480 e. The second-order valence-corrected chi connectivity index (χ2v) is 15.6. The number of carbonyl (C=O) groups is 3. The Balaban J connectivity index is 4.08. The first-order valence-corrected chi connectivity index (χ1v) is 23.1. The van der Waals surface area contributed by atoms with Crippen molar-refractivity contribution in [1.82, 2.24) is 5.32 Å². The molecule has 0 heterocycles. The van der Waals surface area contributed by atoms with Gasteiger partial charge in [-0.25, -0.2) is 0 Å². The van der Waals surface area contributed by atoms with Gasteiger partial charge < -0.3 is 15.2 Å². The zero-order valence-corrected chi connectivity index (χ0v) is 35.6. The zero-order chi connectivity index (χ0) is 39.4. The molecule has 314 valence electrons. The van der Waals surface area contributed by atoms with Crippen molar-refractivity contribution in [2.24, 2.45) is 0 Å². The van der Waals surface area contributed by atoms with Crippen LogP contribution in [-0.4, -0.2) is 35.6 Å². The first kappa shape index (κ1) is 51.6. The molecule has 0 radical (unpaired) electrons. The number of esters is 1. The maximum Gasteiger partial charge on any atom is 0.322 e. The van der Waals surface area contributed by atoms with Gasteiger partial charge >= 0.3 is 11.9 Å². The minimum Gasteiger partial charge on any atom is -0.480 e. The van der Waals surface area contributed by atoms with E-state index in [9.17, 15) is 14.4 Å². The van der Waals surface area contributed by atoms with Crippen molar-refractivity contribution in [3.8, 4) is 0 Å². The summed E-state index contributed by atoms with van der Waals surface area (Å²) in [6.45, 7) is 4.20.